The lowest BCUT2D eigenvalue weighted by Crippen LogP contribution is -2.51. The molecule has 0 spiro atoms. The summed E-state index contributed by atoms with van der Waals surface area (Å²) in [6.07, 6.45) is -1.81. The van der Waals surface area contributed by atoms with E-state index < -0.39 is 41.5 Å². The van der Waals surface area contributed by atoms with Gasteiger partial charge in [0.1, 0.15) is 25.6 Å². The molecule has 1 aliphatic rings. The molecule has 1 saturated heterocycles. The lowest BCUT2D eigenvalue weighted by Gasteiger charge is -2.35. The van der Waals surface area contributed by atoms with Crippen molar-refractivity contribution in [1.82, 2.24) is 9.88 Å². The standard InChI is InChI=1S/C22H20ClF2N3O4S2/c23-15-5-1-13(2-6-15)19-20(14-3-7-18(8-4-14)34(26,30)31)33-21(27-19)22(29)28-11-16(9-24)32-17(10-25)12-28/h1-8,16-17H,9-12H2,(H2,26,30,31)/t16-,17+. The first kappa shape index (κ1) is 24.7. The number of thiazole rings is 1. The molecule has 2 heterocycles. The second-order valence-electron chi connectivity index (χ2n) is 7.67. The number of nitrogens with zero attached hydrogens (tertiary/aromatic N) is 2. The molecule has 1 fully saturated rings. The van der Waals surface area contributed by atoms with Gasteiger partial charge in [-0.1, -0.05) is 35.9 Å². The van der Waals surface area contributed by atoms with E-state index in [0.29, 0.717) is 26.7 Å². The normalized spacial score (nSPS) is 18.8. The molecule has 2 aromatic carbocycles. The number of benzene rings is 2. The van der Waals surface area contributed by atoms with Crippen LogP contribution in [0.15, 0.2) is 53.4 Å². The molecule has 2 N–H and O–H groups in total. The number of alkyl halides is 2. The second-order valence-corrected chi connectivity index (χ2v) is 10.7. The van der Waals surface area contributed by atoms with Crippen LogP contribution in [0.1, 0.15) is 9.80 Å². The number of aromatic nitrogens is 1. The number of hydrogen-bond acceptors (Lipinski definition) is 6. The highest BCUT2D eigenvalue weighted by molar-refractivity contribution is 7.89. The van der Waals surface area contributed by atoms with Gasteiger partial charge >= 0.3 is 0 Å². The van der Waals surface area contributed by atoms with Crippen molar-refractivity contribution >= 4 is 38.9 Å². The van der Waals surface area contributed by atoms with E-state index in [4.69, 9.17) is 21.5 Å². The van der Waals surface area contributed by atoms with E-state index >= 15 is 0 Å². The Labute approximate surface area is 204 Å². The van der Waals surface area contributed by atoms with Crippen molar-refractivity contribution in [3.63, 3.8) is 0 Å². The van der Waals surface area contributed by atoms with Gasteiger partial charge < -0.3 is 9.64 Å². The molecule has 1 aromatic heterocycles. The highest BCUT2D eigenvalue weighted by atomic mass is 35.5. The smallest absolute Gasteiger partial charge is 0.283 e. The first-order valence-electron chi connectivity index (χ1n) is 10.2. The van der Waals surface area contributed by atoms with Crippen molar-refractivity contribution < 1.29 is 26.7 Å². The maximum absolute atomic E-state index is 13.2. The average molecular weight is 528 g/mol. The summed E-state index contributed by atoms with van der Waals surface area (Å²) in [7, 11) is -3.87. The molecule has 0 unspecified atom stereocenters. The summed E-state index contributed by atoms with van der Waals surface area (Å²) in [5.74, 6) is -0.465. The molecule has 0 saturated carbocycles. The van der Waals surface area contributed by atoms with Crippen molar-refractivity contribution in [2.75, 3.05) is 26.4 Å². The van der Waals surface area contributed by atoms with Crippen LogP contribution in [0.3, 0.4) is 0 Å². The third kappa shape index (κ3) is 5.28. The summed E-state index contributed by atoms with van der Waals surface area (Å²) in [6.45, 7) is -1.70. The minimum absolute atomic E-state index is 0.0138. The predicted octanol–water partition coefficient (Wildman–Crippen LogP) is 3.93. The van der Waals surface area contributed by atoms with E-state index in [1.807, 2.05) is 0 Å². The van der Waals surface area contributed by atoms with Crippen molar-refractivity contribution in [1.29, 1.82) is 0 Å². The van der Waals surface area contributed by atoms with Gasteiger partial charge in [0.05, 0.1) is 15.5 Å². The van der Waals surface area contributed by atoms with Gasteiger partial charge in [-0.25, -0.2) is 27.3 Å². The summed E-state index contributed by atoms with van der Waals surface area (Å²) in [6, 6.07) is 12.8. The lowest BCUT2D eigenvalue weighted by atomic mass is 10.1. The summed E-state index contributed by atoms with van der Waals surface area (Å²) in [5.41, 5.74) is 1.81. The van der Waals surface area contributed by atoms with E-state index in [-0.39, 0.29) is 23.0 Å². The number of halogens is 3. The molecule has 0 bridgehead atoms. The Hall–Kier alpha value is -2.44. The van der Waals surface area contributed by atoms with Crippen LogP contribution >= 0.6 is 22.9 Å². The number of amides is 1. The molecule has 12 heteroatoms. The zero-order valence-corrected chi connectivity index (χ0v) is 20.0. The zero-order chi connectivity index (χ0) is 24.5. The Morgan fingerprint density at radius 2 is 1.62 bits per heavy atom. The minimum atomic E-state index is -3.87. The van der Waals surface area contributed by atoms with Crippen LogP contribution in [-0.4, -0.2) is 62.9 Å². The van der Waals surface area contributed by atoms with Crippen LogP contribution in [0.2, 0.25) is 5.02 Å². The van der Waals surface area contributed by atoms with Crippen LogP contribution < -0.4 is 5.14 Å². The Bertz CT molecular complexity index is 1270. The van der Waals surface area contributed by atoms with Gasteiger partial charge in [-0.15, -0.1) is 11.3 Å². The largest absolute Gasteiger partial charge is 0.366 e. The number of primary sulfonamides is 1. The fourth-order valence-electron chi connectivity index (χ4n) is 3.60. The SMILES string of the molecule is NS(=O)(=O)c1ccc(-c2sc(C(=O)N3C[C@@H](CF)O[C@@H](CF)C3)nc2-c2ccc(Cl)cc2)cc1. The molecule has 2 atom stereocenters. The third-order valence-corrected chi connectivity index (χ3v) is 7.51. The Morgan fingerprint density at radius 1 is 1.06 bits per heavy atom. The molecule has 3 aromatic rings. The summed E-state index contributed by atoms with van der Waals surface area (Å²) < 4.78 is 55.0. The van der Waals surface area contributed by atoms with Gasteiger partial charge in [-0.2, -0.15) is 0 Å². The van der Waals surface area contributed by atoms with Gasteiger partial charge in [0.15, 0.2) is 5.01 Å². The molecule has 34 heavy (non-hydrogen) atoms. The molecule has 0 aliphatic carbocycles. The monoisotopic (exact) mass is 527 g/mol. The van der Waals surface area contributed by atoms with Crippen molar-refractivity contribution in [3.05, 3.63) is 58.6 Å². The molecular weight excluding hydrogens is 508 g/mol. The van der Waals surface area contributed by atoms with Crippen LogP contribution in [0.4, 0.5) is 8.78 Å². The Kier molecular flexibility index (Phi) is 7.29. The number of carbonyl (C=O) groups is 1. The molecule has 4 rings (SSSR count). The van der Waals surface area contributed by atoms with Gasteiger partial charge in [0.2, 0.25) is 10.0 Å². The van der Waals surface area contributed by atoms with Gasteiger partial charge in [0, 0.05) is 23.7 Å². The fraction of sp³-hybridized carbons (Fsp3) is 0.273. The fourth-order valence-corrected chi connectivity index (χ4v) is 5.30. The average Bonchev–Trinajstić information content (AvgIpc) is 3.28. The Morgan fingerprint density at radius 3 is 2.15 bits per heavy atom. The molecule has 180 valence electrons. The predicted molar refractivity (Wildman–Crippen MR) is 126 cm³/mol. The number of sulfonamides is 1. The van der Waals surface area contributed by atoms with Crippen molar-refractivity contribution in [3.8, 4) is 21.7 Å². The van der Waals surface area contributed by atoms with Crippen LogP contribution in [0, 0.1) is 0 Å². The first-order valence-corrected chi connectivity index (χ1v) is 12.9. The van der Waals surface area contributed by atoms with Gasteiger partial charge in [-0.05, 0) is 29.8 Å². The molecule has 1 amide bonds. The maximum Gasteiger partial charge on any atom is 0.283 e. The molecule has 7 nitrogen and oxygen atoms in total. The van der Waals surface area contributed by atoms with E-state index in [0.717, 1.165) is 11.3 Å². The molecule has 1 aliphatic heterocycles. The zero-order valence-electron chi connectivity index (χ0n) is 17.7. The van der Waals surface area contributed by atoms with Crippen molar-refractivity contribution in [2.45, 2.75) is 17.1 Å². The topological polar surface area (TPSA) is 103 Å². The van der Waals surface area contributed by atoms with Crippen LogP contribution in [0.5, 0.6) is 0 Å². The number of rotatable bonds is 6. The maximum atomic E-state index is 13.2. The van der Waals surface area contributed by atoms with E-state index in [1.54, 1.807) is 36.4 Å². The third-order valence-electron chi connectivity index (χ3n) is 5.24. The van der Waals surface area contributed by atoms with E-state index in [2.05, 4.69) is 4.98 Å². The first-order chi connectivity index (χ1) is 16.2. The van der Waals surface area contributed by atoms with Gasteiger partial charge in [0.25, 0.3) is 5.91 Å². The summed E-state index contributed by atoms with van der Waals surface area (Å²) >= 11 is 7.11. The second kappa shape index (κ2) is 10.0. The van der Waals surface area contributed by atoms with Gasteiger partial charge in [-0.3, -0.25) is 4.79 Å². The number of hydrogen-bond donors (Lipinski definition) is 1. The molecule has 0 radical (unpaired) electrons. The highest BCUT2D eigenvalue weighted by Crippen LogP contribution is 2.38. The molecular formula is C22H20ClF2N3O4S2. The Balaban J connectivity index is 1.75. The lowest BCUT2D eigenvalue weighted by molar-refractivity contribution is -0.0897. The number of ether oxygens (including phenoxy) is 1. The quantitative estimate of drug-likeness (QED) is 0.523. The summed E-state index contributed by atoms with van der Waals surface area (Å²) in [4.78, 5) is 19.7. The minimum Gasteiger partial charge on any atom is -0.366 e. The number of carbonyl (C=O) groups excluding carboxylic acids is 1. The summed E-state index contributed by atoms with van der Waals surface area (Å²) in [5, 5.41) is 5.85. The van der Waals surface area contributed by atoms with Crippen LogP contribution in [0.25, 0.3) is 21.7 Å². The highest BCUT2D eigenvalue weighted by Gasteiger charge is 2.33. The number of morpholine rings is 1. The van der Waals surface area contributed by atoms with E-state index in [1.165, 1.54) is 17.0 Å². The van der Waals surface area contributed by atoms with Crippen molar-refractivity contribution in [2.24, 2.45) is 5.14 Å². The van der Waals surface area contributed by atoms with E-state index in [9.17, 15) is 22.0 Å². The van der Waals surface area contributed by atoms with Crippen LogP contribution in [-0.2, 0) is 14.8 Å². The number of nitrogens with two attached hydrogens (primary N) is 1.